The monoisotopic (exact) mass is 739 g/mol. The minimum Gasteiger partial charge on any atom is -0.456 e. The topological polar surface area (TPSA) is 119 Å². The molecule has 1 aliphatic rings. The second-order valence-electron chi connectivity index (χ2n) is 16.9. The summed E-state index contributed by atoms with van der Waals surface area (Å²) in [4.78, 5) is 24.6. The van der Waals surface area contributed by atoms with E-state index in [4.69, 9.17) is 40.2 Å². The molecular formula is C38H54ClN3O6Si2. The molecule has 0 amide bonds. The van der Waals surface area contributed by atoms with Crippen LogP contribution in [-0.4, -0.2) is 79.1 Å². The average Bonchev–Trinajstić information content (AvgIpc) is 3.56. The number of halogens is 1. The Morgan fingerprint density at radius 3 is 2.14 bits per heavy atom. The standard InChI is InChI=1S/C38H54ClN3O6Si2/c1-36(2,3)50(44,37(4,5)6)47-24-29-38(7,43)30(23-46-29)48-35-41-33-28(22-45-20-21-49(8,9)10)31(39)32(40-34(33)42-35)27-18-16-26(17-19-27)25-14-12-11-13-15-25/h11-19,29-30,43-44H,20-24H2,1-10H3,(H,40,41,42)/t29-,30-,38+/m1/s1. The lowest BCUT2D eigenvalue weighted by Crippen LogP contribution is -2.57. The summed E-state index contributed by atoms with van der Waals surface area (Å²) in [6.07, 6.45) is -1.47. The van der Waals surface area contributed by atoms with E-state index in [1.54, 1.807) is 6.92 Å². The predicted octanol–water partition coefficient (Wildman–Crippen LogP) is 8.75. The number of ether oxygens (including phenoxy) is 3. The fraction of sp³-hybridized carbons (Fsp3) is 0.526. The summed E-state index contributed by atoms with van der Waals surface area (Å²) in [7, 11) is -4.57. The van der Waals surface area contributed by atoms with Gasteiger partial charge in [0.15, 0.2) is 11.8 Å². The van der Waals surface area contributed by atoms with Gasteiger partial charge in [-0.2, -0.15) is 4.98 Å². The summed E-state index contributed by atoms with van der Waals surface area (Å²) in [6.45, 7) is 21.6. The van der Waals surface area contributed by atoms with Crippen molar-refractivity contribution >= 4 is 39.4 Å². The largest absolute Gasteiger partial charge is 0.456 e. The van der Waals surface area contributed by atoms with Gasteiger partial charge in [-0.15, -0.1) is 0 Å². The SMILES string of the molecule is CC(C)(C)[Si](O)(OC[C@H]1OC[C@@H](Oc2nc3nc(-c4ccc(-c5ccccc5)cc4)c(Cl)c(COCC[Si](C)(C)C)c3[nH]2)[C@@]1(C)O)C(C)(C)C. The summed E-state index contributed by atoms with van der Waals surface area (Å²) in [5.41, 5.74) is 4.04. The molecule has 1 saturated heterocycles. The van der Waals surface area contributed by atoms with Crippen molar-refractivity contribution in [1.82, 2.24) is 15.0 Å². The molecule has 0 aliphatic carbocycles. The van der Waals surface area contributed by atoms with Crippen LogP contribution in [0, 0.1) is 0 Å². The van der Waals surface area contributed by atoms with Crippen molar-refractivity contribution < 1.29 is 28.5 Å². The maximum Gasteiger partial charge on any atom is 0.346 e. The van der Waals surface area contributed by atoms with Crippen LogP contribution in [0.1, 0.15) is 54.0 Å². The van der Waals surface area contributed by atoms with Gasteiger partial charge in [0.1, 0.15) is 11.7 Å². The van der Waals surface area contributed by atoms with E-state index < -0.39 is 44.5 Å². The highest BCUT2D eigenvalue weighted by Gasteiger charge is 2.57. The number of nitrogens with zero attached hydrogens (tertiary/aromatic N) is 2. The molecule has 3 N–H and O–H groups in total. The van der Waals surface area contributed by atoms with Crippen LogP contribution in [0.2, 0.25) is 40.8 Å². The molecule has 2 aromatic carbocycles. The lowest BCUT2D eigenvalue weighted by atomic mass is 9.96. The van der Waals surface area contributed by atoms with Crippen LogP contribution in [0.25, 0.3) is 33.5 Å². The van der Waals surface area contributed by atoms with Gasteiger partial charge in [-0.25, -0.2) is 4.98 Å². The number of aliphatic hydroxyl groups is 1. The molecule has 272 valence electrons. The van der Waals surface area contributed by atoms with Gasteiger partial charge < -0.3 is 33.5 Å². The number of hydrogen-bond donors (Lipinski definition) is 3. The maximum atomic E-state index is 11.7. The summed E-state index contributed by atoms with van der Waals surface area (Å²) >= 11 is 7.11. The molecule has 3 heterocycles. The Labute approximate surface area is 304 Å². The number of pyridine rings is 1. The molecule has 0 bridgehead atoms. The van der Waals surface area contributed by atoms with Crippen molar-refractivity contribution in [3.63, 3.8) is 0 Å². The first-order chi connectivity index (χ1) is 23.2. The van der Waals surface area contributed by atoms with Crippen LogP contribution in [0.15, 0.2) is 54.6 Å². The molecule has 1 aliphatic heterocycles. The highest BCUT2D eigenvalue weighted by molar-refractivity contribution is 6.76. The van der Waals surface area contributed by atoms with E-state index in [1.807, 2.05) is 71.9 Å². The molecule has 50 heavy (non-hydrogen) atoms. The fourth-order valence-electron chi connectivity index (χ4n) is 6.44. The summed E-state index contributed by atoms with van der Waals surface area (Å²) in [5, 5.41) is 11.2. The van der Waals surface area contributed by atoms with Crippen LogP contribution in [0.4, 0.5) is 0 Å². The fourth-order valence-corrected chi connectivity index (χ4v) is 11.0. The highest BCUT2D eigenvalue weighted by Crippen LogP contribution is 2.50. The van der Waals surface area contributed by atoms with Crippen LogP contribution in [-0.2, 0) is 20.5 Å². The number of aromatic amines is 1. The van der Waals surface area contributed by atoms with Crippen molar-refractivity contribution in [1.29, 1.82) is 0 Å². The quantitative estimate of drug-likeness (QED) is 0.0975. The smallest absolute Gasteiger partial charge is 0.346 e. The molecule has 0 spiro atoms. The lowest BCUT2D eigenvalue weighted by Gasteiger charge is -2.46. The number of aromatic nitrogens is 3. The Kier molecular flexibility index (Phi) is 11.1. The van der Waals surface area contributed by atoms with Gasteiger partial charge in [0, 0.05) is 35.9 Å². The number of rotatable bonds is 12. The first-order valence-corrected chi connectivity index (χ1v) is 23.3. The Morgan fingerprint density at radius 2 is 1.54 bits per heavy atom. The molecule has 12 heteroatoms. The van der Waals surface area contributed by atoms with E-state index in [2.05, 4.69) is 48.9 Å². The minimum atomic E-state index is -3.27. The van der Waals surface area contributed by atoms with Gasteiger partial charge in [-0.1, -0.05) is 127 Å². The summed E-state index contributed by atoms with van der Waals surface area (Å²) in [5.74, 6) is 0. The van der Waals surface area contributed by atoms with E-state index in [-0.39, 0.29) is 25.8 Å². The van der Waals surface area contributed by atoms with Gasteiger partial charge in [-0.05, 0) is 24.1 Å². The van der Waals surface area contributed by atoms with Crippen molar-refractivity contribution in [3.8, 4) is 28.4 Å². The van der Waals surface area contributed by atoms with Gasteiger partial charge in [0.05, 0.1) is 36.1 Å². The van der Waals surface area contributed by atoms with Gasteiger partial charge in [0.2, 0.25) is 0 Å². The van der Waals surface area contributed by atoms with E-state index in [0.717, 1.165) is 28.3 Å². The zero-order chi connectivity index (χ0) is 36.7. The minimum absolute atomic E-state index is 0.0345. The van der Waals surface area contributed by atoms with E-state index >= 15 is 0 Å². The lowest BCUT2D eigenvalue weighted by molar-refractivity contribution is -0.0761. The molecule has 5 rings (SSSR count). The number of imidazole rings is 1. The normalized spacial score (nSPS) is 20.5. The van der Waals surface area contributed by atoms with Crippen molar-refractivity contribution in [2.75, 3.05) is 19.8 Å². The van der Waals surface area contributed by atoms with Crippen molar-refractivity contribution in [2.45, 2.75) is 109 Å². The van der Waals surface area contributed by atoms with Crippen molar-refractivity contribution in [3.05, 3.63) is 65.2 Å². The first kappa shape index (κ1) is 38.6. The van der Waals surface area contributed by atoms with E-state index in [0.29, 0.717) is 28.5 Å². The molecule has 1 fully saturated rings. The third-order valence-corrected chi connectivity index (χ3v) is 16.4. The van der Waals surface area contributed by atoms with Gasteiger partial charge >= 0.3 is 8.56 Å². The van der Waals surface area contributed by atoms with Crippen LogP contribution >= 0.6 is 11.6 Å². The number of H-pyrrole nitrogens is 1. The van der Waals surface area contributed by atoms with Gasteiger partial charge in [0.25, 0.3) is 6.01 Å². The summed E-state index contributed by atoms with van der Waals surface area (Å²) in [6, 6.07) is 19.6. The second-order valence-corrected chi connectivity index (χ2v) is 27.5. The number of hydrogen-bond acceptors (Lipinski definition) is 8. The third-order valence-electron chi connectivity index (χ3n) is 9.65. The zero-order valence-corrected chi connectivity index (χ0v) is 33.9. The highest BCUT2D eigenvalue weighted by atomic mass is 35.5. The predicted molar refractivity (Wildman–Crippen MR) is 206 cm³/mol. The molecule has 9 nitrogen and oxygen atoms in total. The third kappa shape index (κ3) is 8.21. The Morgan fingerprint density at radius 1 is 0.940 bits per heavy atom. The first-order valence-electron chi connectivity index (χ1n) is 17.4. The number of benzene rings is 2. The molecule has 4 aromatic rings. The maximum absolute atomic E-state index is 11.7. The number of nitrogens with one attached hydrogen (secondary N) is 1. The second kappa shape index (κ2) is 14.4. The summed E-state index contributed by atoms with van der Waals surface area (Å²) < 4.78 is 24.8. The van der Waals surface area contributed by atoms with Crippen LogP contribution in [0.5, 0.6) is 6.01 Å². The van der Waals surface area contributed by atoms with Crippen LogP contribution in [0.3, 0.4) is 0 Å². The Balaban J connectivity index is 1.41. The molecule has 2 aromatic heterocycles. The van der Waals surface area contributed by atoms with E-state index in [9.17, 15) is 9.90 Å². The van der Waals surface area contributed by atoms with Crippen molar-refractivity contribution in [2.24, 2.45) is 0 Å². The average molecular weight is 740 g/mol. The molecule has 3 atom stereocenters. The molecule has 0 radical (unpaired) electrons. The molecule has 0 saturated carbocycles. The molecule has 0 unspecified atom stereocenters. The van der Waals surface area contributed by atoms with Crippen LogP contribution < -0.4 is 4.74 Å². The van der Waals surface area contributed by atoms with E-state index in [1.165, 1.54) is 0 Å². The Hall–Kier alpha value is -2.62. The van der Waals surface area contributed by atoms with Gasteiger partial charge in [-0.3, -0.25) is 0 Å². The molecular weight excluding hydrogens is 686 g/mol. The Bertz CT molecular complexity index is 1750. The zero-order valence-electron chi connectivity index (χ0n) is 31.2. The number of fused-ring (bicyclic) bond motifs is 1.